The van der Waals surface area contributed by atoms with Crippen LogP contribution in [0.4, 0.5) is 0 Å². The Morgan fingerprint density at radius 1 is 0.895 bits per heavy atom. The van der Waals surface area contributed by atoms with Gasteiger partial charge in [-0.25, -0.2) is 4.79 Å². The van der Waals surface area contributed by atoms with Crippen molar-refractivity contribution >= 4 is 17.8 Å². The maximum Gasteiger partial charge on any atom is 0.336 e. The number of allylic oxidation sites excluding steroid dienone is 1. The quantitative estimate of drug-likeness (QED) is 0.120. The fourth-order valence-electron chi connectivity index (χ4n) is 4.60. The zero-order valence-electron chi connectivity index (χ0n) is 24.0. The van der Waals surface area contributed by atoms with Crippen LogP contribution in [0.1, 0.15) is 122 Å². The molecule has 208 valence electrons. The molecule has 2 rings (SSSR count). The van der Waals surface area contributed by atoms with E-state index in [0.717, 1.165) is 12.2 Å². The van der Waals surface area contributed by atoms with E-state index in [1.807, 2.05) is 26.0 Å². The first-order valence-corrected chi connectivity index (χ1v) is 14.2. The Hall–Kier alpha value is -3.08. The van der Waals surface area contributed by atoms with Crippen molar-refractivity contribution in [3.63, 3.8) is 0 Å². The summed E-state index contributed by atoms with van der Waals surface area (Å²) in [4.78, 5) is 24.5. The lowest BCUT2D eigenvalue weighted by atomic mass is 9.97. The summed E-state index contributed by atoms with van der Waals surface area (Å²) in [5, 5.41) is 9.59. The molecule has 0 aliphatic rings. The Bertz CT molecular complexity index is 1050. The van der Waals surface area contributed by atoms with Crippen LogP contribution in [-0.4, -0.2) is 29.6 Å². The van der Waals surface area contributed by atoms with E-state index in [-0.39, 0.29) is 17.5 Å². The Balaban J connectivity index is 1.87. The van der Waals surface area contributed by atoms with E-state index in [0.29, 0.717) is 34.6 Å². The number of hydrogen-bond donors (Lipinski definition) is 1. The summed E-state index contributed by atoms with van der Waals surface area (Å²) < 4.78 is 11.8. The molecule has 1 N–H and O–H groups in total. The average Bonchev–Trinajstić information content (AvgIpc) is 2.87. The topological polar surface area (TPSA) is 72.8 Å². The van der Waals surface area contributed by atoms with Crippen molar-refractivity contribution in [1.29, 1.82) is 0 Å². The molecule has 0 aromatic heterocycles. The second-order valence-electron chi connectivity index (χ2n) is 10.3. The highest BCUT2D eigenvalue weighted by Gasteiger charge is 2.19. The van der Waals surface area contributed by atoms with E-state index in [1.54, 1.807) is 38.1 Å². The lowest BCUT2D eigenvalue weighted by Crippen LogP contribution is -2.12. The normalized spacial score (nSPS) is 11.3. The molecule has 2 aromatic carbocycles. The zero-order chi connectivity index (χ0) is 27.9. The van der Waals surface area contributed by atoms with Crippen molar-refractivity contribution in [1.82, 2.24) is 0 Å². The van der Waals surface area contributed by atoms with Gasteiger partial charge in [-0.1, -0.05) is 64.7 Å². The number of hydrogen-bond acceptors (Lipinski definition) is 4. The van der Waals surface area contributed by atoms with E-state index >= 15 is 0 Å². The molecule has 5 heteroatoms. The van der Waals surface area contributed by atoms with Crippen molar-refractivity contribution in [2.45, 2.75) is 105 Å². The monoisotopic (exact) mass is 522 g/mol. The molecule has 5 nitrogen and oxygen atoms in total. The van der Waals surface area contributed by atoms with Gasteiger partial charge in [-0.3, -0.25) is 4.79 Å². The van der Waals surface area contributed by atoms with Crippen LogP contribution < -0.4 is 9.47 Å². The van der Waals surface area contributed by atoms with Crippen molar-refractivity contribution in [3.05, 3.63) is 64.2 Å². The molecule has 0 saturated heterocycles. The Labute approximate surface area is 229 Å². The molecule has 0 saturated carbocycles. The fraction of sp³-hybridized carbons (Fsp3) is 0.515. The smallest absolute Gasteiger partial charge is 0.336 e. The second kappa shape index (κ2) is 16.7. The second-order valence-corrected chi connectivity index (χ2v) is 10.3. The minimum atomic E-state index is -0.990. The van der Waals surface area contributed by atoms with Gasteiger partial charge < -0.3 is 14.6 Å². The number of carbonyl (C=O) groups is 2. The third kappa shape index (κ3) is 10.4. The van der Waals surface area contributed by atoms with Gasteiger partial charge in [0.2, 0.25) is 0 Å². The average molecular weight is 523 g/mol. The van der Waals surface area contributed by atoms with Gasteiger partial charge in [0.05, 0.1) is 18.3 Å². The molecule has 0 fully saturated rings. The first-order valence-electron chi connectivity index (χ1n) is 14.2. The molecular weight excluding hydrogens is 476 g/mol. The van der Waals surface area contributed by atoms with Gasteiger partial charge >= 0.3 is 5.97 Å². The summed E-state index contributed by atoms with van der Waals surface area (Å²) in [5.74, 6) is 0.127. The molecule has 38 heavy (non-hydrogen) atoms. The molecule has 0 aliphatic heterocycles. The molecule has 0 heterocycles. The number of carboxylic acid groups (broad SMARTS) is 1. The van der Waals surface area contributed by atoms with Crippen LogP contribution in [0.25, 0.3) is 6.08 Å². The first kappa shape index (κ1) is 31.1. The molecule has 0 atom stereocenters. The summed E-state index contributed by atoms with van der Waals surface area (Å²) in [7, 11) is 0. The minimum Gasteiger partial charge on any atom is -0.494 e. The number of ketones is 1. The third-order valence-corrected chi connectivity index (χ3v) is 6.63. The molecule has 0 amide bonds. The highest BCUT2D eigenvalue weighted by Crippen LogP contribution is 2.32. The maximum atomic E-state index is 12.8. The number of carboxylic acids is 1. The molecule has 0 aliphatic carbocycles. The third-order valence-electron chi connectivity index (χ3n) is 6.63. The van der Waals surface area contributed by atoms with Crippen LogP contribution in [0, 0.1) is 13.8 Å². The first-order chi connectivity index (χ1) is 18.2. The van der Waals surface area contributed by atoms with E-state index < -0.39 is 5.97 Å². The molecular formula is C33H46O5. The maximum absolute atomic E-state index is 12.8. The van der Waals surface area contributed by atoms with Gasteiger partial charge in [0, 0.05) is 16.7 Å². The van der Waals surface area contributed by atoms with Crippen LogP contribution in [0.15, 0.2) is 36.4 Å². The van der Waals surface area contributed by atoms with E-state index in [2.05, 4.69) is 6.92 Å². The number of unbranched alkanes of at least 4 members (excludes halogenated alkanes) is 9. The van der Waals surface area contributed by atoms with Gasteiger partial charge in [-0.15, -0.1) is 0 Å². The Morgan fingerprint density at radius 3 is 2.03 bits per heavy atom. The van der Waals surface area contributed by atoms with E-state index in [1.165, 1.54) is 63.9 Å². The molecule has 0 radical (unpaired) electrons. The van der Waals surface area contributed by atoms with Crippen LogP contribution >= 0.6 is 0 Å². The number of ether oxygens (including phenoxy) is 2. The predicted octanol–water partition coefficient (Wildman–Crippen LogP) is 8.98. The number of rotatable bonds is 18. The highest BCUT2D eigenvalue weighted by molar-refractivity contribution is 6.07. The molecule has 2 aromatic rings. The van der Waals surface area contributed by atoms with Crippen molar-refractivity contribution in [2.24, 2.45) is 0 Å². The minimum absolute atomic E-state index is 0.131. The highest BCUT2D eigenvalue weighted by atomic mass is 16.5. The SMILES string of the molecule is CCCCCCCCCCCCOc1ccc(C(=O)/C=C/c2cc(C)c(C(=O)O)c(C)c2OC(C)C)cc1. The van der Waals surface area contributed by atoms with Gasteiger partial charge in [0.15, 0.2) is 5.78 Å². The standard InChI is InChI=1S/C33H46O5/c1-6-7-8-9-10-11-12-13-14-15-22-37-29-19-16-27(17-20-29)30(34)21-18-28-23-25(4)31(33(35)36)26(5)32(28)38-24(2)3/h16-21,23-24H,6-15,22H2,1-5H3,(H,35,36)/b21-18+. The van der Waals surface area contributed by atoms with Crippen molar-refractivity contribution in [2.75, 3.05) is 6.61 Å². The van der Waals surface area contributed by atoms with Crippen LogP contribution in [0.5, 0.6) is 11.5 Å². The van der Waals surface area contributed by atoms with Gasteiger partial charge in [-0.2, -0.15) is 0 Å². The van der Waals surface area contributed by atoms with Crippen LogP contribution in [0.2, 0.25) is 0 Å². The Morgan fingerprint density at radius 2 is 1.47 bits per heavy atom. The summed E-state index contributed by atoms with van der Waals surface area (Å²) in [5.41, 5.74) is 2.67. The van der Waals surface area contributed by atoms with Crippen molar-refractivity contribution in [3.8, 4) is 11.5 Å². The number of carbonyl (C=O) groups excluding carboxylic acids is 1. The van der Waals surface area contributed by atoms with Gasteiger partial charge in [0.1, 0.15) is 11.5 Å². The largest absolute Gasteiger partial charge is 0.494 e. The molecule has 0 bridgehead atoms. The summed E-state index contributed by atoms with van der Waals surface area (Å²) in [6, 6.07) is 8.97. The van der Waals surface area contributed by atoms with Gasteiger partial charge in [0.25, 0.3) is 0 Å². The summed E-state index contributed by atoms with van der Waals surface area (Å²) in [6.07, 6.45) is 16.0. The van der Waals surface area contributed by atoms with Gasteiger partial charge in [-0.05, 0) is 82.2 Å². The molecule has 0 spiro atoms. The van der Waals surface area contributed by atoms with E-state index in [4.69, 9.17) is 9.47 Å². The number of benzene rings is 2. The number of aryl methyl sites for hydroxylation is 1. The number of aromatic carboxylic acids is 1. The summed E-state index contributed by atoms with van der Waals surface area (Å²) >= 11 is 0. The predicted molar refractivity (Wildman–Crippen MR) is 156 cm³/mol. The Kier molecular flexibility index (Phi) is 13.7. The van der Waals surface area contributed by atoms with Crippen molar-refractivity contribution < 1.29 is 24.2 Å². The van der Waals surface area contributed by atoms with Crippen LogP contribution in [0.3, 0.4) is 0 Å². The fourth-order valence-corrected chi connectivity index (χ4v) is 4.60. The zero-order valence-corrected chi connectivity index (χ0v) is 24.0. The lowest BCUT2D eigenvalue weighted by Gasteiger charge is -2.18. The van der Waals surface area contributed by atoms with Crippen LogP contribution in [-0.2, 0) is 0 Å². The summed E-state index contributed by atoms with van der Waals surface area (Å²) in [6.45, 7) is 10.2. The lowest BCUT2D eigenvalue weighted by molar-refractivity contribution is 0.0694. The molecule has 0 unspecified atom stereocenters. The van der Waals surface area contributed by atoms with E-state index in [9.17, 15) is 14.7 Å².